The summed E-state index contributed by atoms with van der Waals surface area (Å²) in [5.41, 5.74) is 1.69. The molecule has 0 spiro atoms. The zero-order chi connectivity index (χ0) is 15.8. The van der Waals surface area contributed by atoms with Gasteiger partial charge < -0.3 is 10.1 Å². The SMILES string of the molecule is C#CCCC(NC)C(OC)(c1ccccc1)c1ccccc1.Cl. The molecule has 0 fully saturated rings. The van der Waals surface area contributed by atoms with Gasteiger partial charge >= 0.3 is 0 Å². The molecule has 0 bridgehead atoms. The van der Waals surface area contributed by atoms with Crippen LogP contribution in [0.5, 0.6) is 0 Å². The minimum Gasteiger partial charge on any atom is -0.367 e. The van der Waals surface area contributed by atoms with Crippen molar-refractivity contribution in [2.75, 3.05) is 14.2 Å². The molecule has 0 saturated carbocycles. The van der Waals surface area contributed by atoms with Gasteiger partial charge in [-0.1, -0.05) is 60.7 Å². The monoisotopic (exact) mass is 329 g/mol. The molecule has 2 aromatic carbocycles. The summed E-state index contributed by atoms with van der Waals surface area (Å²) in [5, 5.41) is 3.41. The molecule has 0 radical (unpaired) electrons. The Kier molecular flexibility index (Phi) is 7.85. The first kappa shape index (κ1) is 19.3. The van der Waals surface area contributed by atoms with Crippen LogP contribution in [-0.4, -0.2) is 20.2 Å². The smallest absolute Gasteiger partial charge is 0.133 e. The number of benzene rings is 2. The highest BCUT2D eigenvalue weighted by Gasteiger charge is 2.41. The highest BCUT2D eigenvalue weighted by atomic mass is 35.5. The Morgan fingerprint density at radius 1 is 1.04 bits per heavy atom. The van der Waals surface area contributed by atoms with Crippen molar-refractivity contribution in [3.63, 3.8) is 0 Å². The Hall–Kier alpha value is -1.79. The summed E-state index contributed by atoms with van der Waals surface area (Å²) < 4.78 is 6.13. The number of likely N-dealkylation sites (N-methyl/N-ethyl adjacent to an activating group) is 1. The second-order valence-corrected chi connectivity index (χ2v) is 5.26. The van der Waals surface area contributed by atoms with E-state index < -0.39 is 5.60 Å². The van der Waals surface area contributed by atoms with Gasteiger partial charge in [0.25, 0.3) is 0 Å². The first-order chi connectivity index (χ1) is 10.8. The van der Waals surface area contributed by atoms with Gasteiger partial charge in [0, 0.05) is 19.6 Å². The Labute approximate surface area is 145 Å². The van der Waals surface area contributed by atoms with Crippen LogP contribution in [0.25, 0.3) is 0 Å². The molecule has 0 amide bonds. The zero-order valence-corrected chi connectivity index (χ0v) is 14.5. The summed E-state index contributed by atoms with van der Waals surface area (Å²) in [6.07, 6.45) is 7.02. The number of terminal acetylenes is 1. The molecule has 2 rings (SSSR count). The Balaban J connectivity index is 0.00000264. The molecule has 0 aliphatic carbocycles. The lowest BCUT2D eigenvalue weighted by Gasteiger charge is -2.40. The van der Waals surface area contributed by atoms with E-state index in [1.165, 1.54) is 0 Å². The van der Waals surface area contributed by atoms with Crippen LogP contribution in [-0.2, 0) is 10.3 Å². The van der Waals surface area contributed by atoms with Crippen molar-refractivity contribution in [1.29, 1.82) is 0 Å². The summed E-state index contributed by atoms with van der Waals surface area (Å²) in [7, 11) is 3.72. The predicted molar refractivity (Wildman–Crippen MR) is 98.8 cm³/mol. The van der Waals surface area contributed by atoms with Crippen molar-refractivity contribution < 1.29 is 4.74 Å². The maximum Gasteiger partial charge on any atom is 0.133 e. The van der Waals surface area contributed by atoms with Gasteiger partial charge in [0.1, 0.15) is 5.60 Å². The molecular formula is C20H24ClNO. The van der Waals surface area contributed by atoms with E-state index in [2.05, 4.69) is 35.5 Å². The van der Waals surface area contributed by atoms with Crippen molar-refractivity contribution in [3.05, 3.63) is 71.8 Å². The lowest BCUT2D eigenvalue weighted by molar-refractivity contribution is -0.0115. The summed E-state index contributed by atoms with van der Waals surface area (Å²) in [6.45, 7) is 0. The van der Waals surface area contributed by atoms with Crippen molar-refractivity contribution in [2.24, 2.45) is 0 Å². The summed E-state index contributed by atoms with van der Waals surface area (Å²) >= 11 is 0. The van der Waals surface area contributed by atoms with Crippen LogP contribution in [0.15, 0.2) is 60.7 Å². The van der Waals surface area contributed by atoms with Crippen LogP contribution in [0.1, 0.15) is 24.0 Å². The Bertz CT molecular complexity index is 567. The molecular weight excluding hydrogens is 306 g/mol. The molecule has 0 aromatic heterocycles. The number of ether oxygens (including phenoxy) is 1. The number of nitrogens with one attached hydrogen (secondary N) is 1. The van der Waals surface area contributed by atoms with Gasteiger partial charge in [0.2, 0.25) is 0 Å². The number of halogens is 1. The van der Waals surface area contributed by atoms with E-state index in [4.69, 9.17) is 11.2 Å². The summed E-state index contributed by atoms with van der Waals surface area (Å²) in [5.74, 6) is 2.74. The minimum absolute atomic E-state index is 0. The highest BCUT2D eigenvalue weighted by Crippen LogP contribution is 2.38. The fraction of sp³-hybridized carbons (Fsp3) is 0.300. The fourth-order valence-corrected chi connectivity index (χ4v) is 3.10. The fourth-order valence-electron chi connectivity index (χ4n) is 3.10. The van der Waals surface area contributed by atoms with Crippen LogP contribution in [0.3, 0.4) is 0 Å². The van der Waals surface area contributed by atoms with Crippen molar-refractivity contribution in [2.45, 2.75) is 24.5 Å². The van der Waals surface area contributed by atoms with Gasteiger partial charge in [-0.3, -0.25) is 0 Å². The van der Waals surface area contributed by atoms with E-state index in [0.29, 0.717) is 6.42 Å². The molecule has 122 valence electrons. The highest BCUT2D eigenvalue weighted by molar-refractivity contribution is 5.85. The lowest BCUT2D eigenvalue weighted by atomic mass is 9.78. The van der Waals surface area contributed by atoms with E-state index in [1.54, 1.807) is 7.11 Å². The topological polar surface area (TPSA) is 21.3 Å². The van der Waals surface area contributed by atoms with Crippen molar-refractivity contribution >= 4 is 12.4 Å². The molecule has 2 aromatic rings. The maximum atomic E-state index is 6.13. The largest absolute Gasteiger partial charge is 0.367 e. The van der Waals surface area contributed by atoms with Gasteiger partial charge in [0.05, 0.1) is 0 Å². The zero-order valence-electron chi connectivity index (χ0n) is 13.7. The summed E-state index contributed by atoms with van der Waals surface area (Å²) in [4.78, 5) is 0. The van der Waals surface area contributed by atoms with Gasteiger partial charge in [-0.15, -0.1) is 24.8 Å². The standard InChI is InChI=1S/C20H23NO.ClH/c1-4-5-16-19(21-2)20(22-3,17-12-8-6-9-13-17)18-14-10-7-11-15-18;/h1,6-15,19,21H,5,16H2,2-3H3;1H. The van der Waals surface area contributed by atoms with E-state index in [0.717, 1.165) is 17.5 Å². The van der Waals surface area contributed by atoms with Crippen LogP contribution in [0, 0.1) is 12.3 Å². The quantitative estimate of drug-likeness (QED) is 0.775. The molecule has 0 saturated heterocycles. The molecule has 0 aliphatic rings. The van der Waals surface area contributed by atoms with Gasteiger partial charge in [0.15, 0.2) is 0 Å². The molecule has 1 unspecified atom stereocenters. The molecule has 23 heavy (non-hydrogen) atoms. The number of hydrogen-bond donors (Lipinski definition) is 1. The van der Waals surface area contributed by atoms with E-state index in [9.17, 15) is 0 Å². The third-order valence-electron chi connectivity index (χ3n) is 4.14. The average molecular weight is 330 g/mol. The molecule has 1 atom stereocenters. The van der Waals surface area contributed by atoms with Crippen molar-refractivity contribution in [3.8, 4) is 12.3 Å². The first-order valence-corrected chi connectivity index (χ1v) is 7.56. The Morgan fingerprint density at radius 3 is 1.87 bits per heavy atom. The third-order valence-corrected chi connectivity index (χ3v) is 4.14. The summed E-state index contributed by atoms with van der Waals surface area (Å²) in [6, 6.07) is 20.7. The lowest BCUT2D eigenvalue weighted by Crippen LogP contribution is -2.49. The van der Waals surface area contributed by atoms with Crippen LogP contribution in [0.2, 0.25) is 0 Å². The predicted octanol–water partition coefficient (Wildman–Crippen LogP) is 4.00. The Morgan fingerprint density at radius 2 is 1.52 bits per heavy atom. The van der Waals surface area contributed by atoms with Crippen LogP contribution < -0.4 is 5.32 Å². The maximum absolute atomic E-state index is 6.13. The van der Waals surface area contributed by atoms with Gasteiger partial charge in [-0.2, -0.15) is 0 Å². The third kappa shape index (κ3) is 3.95. The van der Waals surface area contributed by atoms with E-state index >= 15 is 0 Å². The van der Waals surface area contributed by atoms with Gasteiger partial charge in [-0.25, -0.2) is 0 Å². The number of rotatable bonds is 7. The molecule has 2 nitrogen and oxygen atoms in total. The van der Waals surface area contributed by atoms with E-state index in [1.807, 2.05) is 43.4 Å². The van der Waals surface area contributed by atoms with Crippen LogP contribution in [0.4, 0.5) is 0 Å². The second kappa shape index (κ2) is 9.37. The molecule has 0 aliphatic heterocycles. The number of hydrogen-bond acceptors (Lipinski definition) is 2. The van der Waals surface area contributed by atoms with Crippen LogP contribution >= 0.6 is 12.4 Å². The normalized spacial score (nSPS) is 12.0. The average Bonchev–Trinajstić information content (AvgIpc) is 2.60. The number of methoxy groups -OCH3 is 1. The minimum atomic E-state index is -0.561. The molecule has 1 N–H and O–H groups in total. The second-order valence-electron chi connectivity index (χ2n) is 5.26. The van der Waals surface area contributed by atoms with Gasteiger partial charge in [-0.05, 0) is 24.6 Å². The first-order valence-electron chi connectivity index (χ1n) is 7.56. The van der Waals surface area contributed by atoms with Crippen molar-refractivity contribution in [1.82, 2.24) is 5.32 Å². The molecule has 3 heteroatoms. The molecule has 0 heterocycles. The van der Waals surface area contributed by atoms with E-state index in [-0.39, 0.29) is 18.4 Å².